The molecule has 0 radical (unpaired) electrons. The molecule has 4 aromatic heterocycles. The smallest absolute Gasteiger partial charge is 0.238 e. The second-order valence-electron chi connectivity index (χ2n) is 15.8. The lowest BCUT2D eigenvalue weighted by molar-refractivity contribution is 0.619. The van der Waals surface area contributed by atoms with E-state index in [2.05, 4.69) is 143 Å². The first-order chi connectivity index (χ1) is 31.3. The van der Waals surface area contributed by atoms with E-state index in [0.29, 0.717) is 29.1 Å². The lowest BCUT2D eigenvalue weighted by Gasteiger charge is -2.13. The fourth-order valence-electron chi connectivity index (χ4n) is 9.44. The van der Waals surface area contributed by atoms with Crippen molar-refractivity contribution in [1.82, 2.24) is 29.1 Å². The maximum absolute atomic E-state index is 7.00. The van der Waals surface area contributed by atoms with Crippen LogP contribution in [0.15, 0.2) is 211 Å². The molecule has 0 N–H and O–H groups in total. The second-order valence-corrected chi connectivity index (χ2v) is 15.8. The zero-order valence-electron chi connectivity index (χ0n) is 33.7. The zero-order valence-corrected chi connectivity index (χ0v) is 33.7. The lowest BCUT2D eigenvalue weighted by Crippen LogP contribution is -2.07. The topological polar surface area (TPSA) is 74.6 Å². The van der Waals surface area contributed by atoms with Crippen molar-refractivity contribution in [3.63, 3.8) is 0 Å². The monoisotopic (exact) mass is 806 g/mol. The van der Waals surface area contributed by atoms with E-state index in [1.807, 2.05) is 72.8 Å². The first-order valence-electron chi connectivity index (χ1n) is 21.1. The van der Waals surface area contributed by atoms with Gasteiger partial charge in [-0.2, -0.15) is 9.97 Å². The summed E-state index contributed by atoms with van der Waals surface area (Å²) in [4.78, 5) is 20.8. The molecule has 0 aliphatic rings. The summed E-state index contributed by atoms with van der Waals surface area (Å²) >= 11 is 0. The van der Waals surface area contributed by atoms with E-state index < -0.39 is 0 Å². The van der Waals surface area contributed by atoms with Crippen LogP contribution < -0.4 is 0 Å². The van der Waals surface area contributed by atoms with Gasteiger partial charge in [-0.25, -0.2) is 9.97 Å². The predicted octanol–water partition coefficient (Wildman–Crippen LogP) is 14.0. The van der Waals surface area contributed by atoms with Gasteiger partial charge >= 0.3 is 0 Å². The maximum Gasteiger partial charge on any atom is 0.238 e. The molecular formula is C56H34N6O. The van der Waals surface area contributed by atoms with Crippen molar-refractivity contribution in [3.05, 3.63) is 206 Å². The van der Waals surface area contributed by atoms with E-state index in [4.69, 9.17) is 24.4 Å². The van der Waals surface area contributed by atoms with Gasteiger partial charge in [-0.05, 0) is 52.2 Å². The summed E-state index contributed by atoms with van der Waals surface area (Å²) in [5.41, 5.74) is 11.5. The zero-order chi connectivity index (χ0) is 41.4. The molecule has 0 saturated carbocycles. The van der Waals surface area contributed by atoms with E-state index in [0.717, 1.165) is 82.3 Å². The number of nitrogens with zero attached hydrogens (tertiary/aromatic N) is 6. The maximum atomic E-state index is 7.00. The molecule has 0 saturated heterocycles. The summed E-state index contributed by atoms with van der Waals surface area (Å²) in [5.74, 6) is 2.30. The highest BCUT2D eigenvalue weighted by atomic mass is 16.3. The normalized spacial score (nSPS) is 11.8. The number of para-hydroxylation sites is 3. The minimum absolute atomic E-state index is 0.532. The standard InChI is InChI=1S/C56H34N6O/c1-4-17-35(18-5-1)38-31-34-45(40-24-11-10-23-39(38)40)55-57-46-27-16-30-49(52(46)63-55)61-47-28-14-12-25-41(47)43-32-33-44-42-26-13-15-29-48(42)62(51(44)50(43)61)56-59-53(36-19-6-2-7-20-36)58-54(60-56)37-21-8-3-9-22-37/h1-34H. The summed E-state index contributed by atoms with van der Waals surface area (Å²) in [6, 6.07) is 71.4. The number of benzene rings is 9. The average Bonchev–Trinajstić information content (AvgIpc) is 4.05. The minimum Gasteiger partial charge on any atom is -0.434 e. The Kier molecular flexibility index (Phi) is 7.77. The third-order valence-electron chi connectivity index (χ3n) is 12.2. The highest BCUT2D eigenvalue weighted by Crippen LogP contribution is 2.44. The quantitative estimate of drug-likeness (QED) is 0.167. The van der Waals surface area contributed by atoms with Crippen molar-refractivity contribution in [2.24, 2.45) is 0 Å². The molecule has 0 unspecified atom stereocenters. The first kappa shape index (κ1) is 35.1. The van der Waals surface area contributed by atoms with Gasteiger partial charge < -0.3 is 8.98 Å². The Hall–Kier alpha value is -8.68. The molecule has 4 heterocycles. The molecule has 7 nitrogen and oxygen atoms in total. The van der Waals surface area contributed by atoms with Crippen LogP contribution >= 0.6 is 0 Å². The van der Waals surface area contributed by atoms with Crippen LogP contribution in [0, 0.1) is 0 Å². The van der Waals surface area contributed by atoms with Gasteiger partial charge in [-0.15, -0.1) is 0 Å². The van der Waals surface area contributed by atoms with Crippen LogP contribution in [0.5, 0.6) is 0 Å². The first-order valence-corrected chi connectivity index (χ1v) is 21.1. The van der Waals surface area contributed by atoms with E-state index >= 15 is 0 Å². The molecule has 0 atom stereocenters. The van der Waals surface area contributed by atoms with Gasteiger partial charge in [0.1, 0.15) is 5.52 Å². The fraction of sp³-hybridized carbons (Fsp3) is 0. The van der Waals surface area contributed by atoms with E-state index in [1.165, 1.54) is 11.1 Å². The van der Waals surface area contributed by atoms with Crippen LogP contribution in [-0.2, 0) is 0 Å². The summed E-state index contributed by atoms with van der Waals surface area (Å²) in [6.45, 7) is 0. The van der Waals surface area contributed by atoms with Crippen molar-refractivity contribution in [2.45, 2.75) is 0 Å². The average molecular weight is 807 g/mol. The molecule has 0 bridgehead atoms. The van der Waals surface area contributed by atoms with Gasteiger partial charge in [0, 0.05) is 38.2 Å². The van der Waals surface area contributed by atoms with Gasteiger partial charge in [0.15, 0.2) is 17.2 Å². The number of hydrogen-bond donors (Lipinski definition) is 0. The highest BCUT2D eigenvalue weighted by molar-refractivity contribution is 6.24. The van der Waals surface area contributed by atoms with Crippen molar-refractivity contribution < 1.29 is 4.42 Å². The summed E-state index contributed by atoms with van der Waals surface area (Å²) < 4.78 is 11.6. The minimum atomic E-state index is 0.532. The SMILES string of the molecule is c1ccc(-c2nc(-c3ccccc3)nc(-n3c4ccccc4c4ccc5c6ccccc6n(-c6cccc7nc(-c8ccc(-c9ccccc9)c9ccccc89)oc67)c5c43)n2)cc1. The van der Waals surface area contributed by atoms with Crippen molar-refractivity contribution in [3.8, 4) is 57.0 Å². The molecule has 0 fully saturated rings. The summed E-state index contributed by atoms with van der Waals surface area (Å²) in [6.07, 6.45) is 0. The third kappa shape index (κ3) is 5.46. The van der Waals surface area contributed by atoms with Gasteiger partial charge in [-0.3, -0.25) is 4.57 Å². The molecule has 7 heteroatoms. The van der Waals surface area contributed by atoms with Gasteiger partial charge in [-0.1, -0.05) is 176 Å². The number of aromatic nitrogens is 6. The lowest BCUT2D eigenvalue weighted by atomic mass is 9.95. The van der Waals surface area contributed by atoms with Gasteiger partial charge in [0.2, 0.25) is 11.8 Å². The molecule has 294 valence electrons. The number of oxazole rings is 1. The molecule has 13 rings (SSSR count). The van der Waals surface area contributed by atoms with Crippen LogP contribution in [0.3, 0.4) is 0 Å². The highest BCUT2D eigenvalue weighted by Gasteiger charge is 2.25. The summed E-state index contributed by atoms with van der Waals surface area (Å²) in [7, 11) is 0. The molecule has 0 aliphatic heterocycles. The molecule has 0 amide bonds. The molecular weight excluding hydrogens is 773 g/mol. The van der Waals surface area contributed by atoms with Gasteiger partial charge in [0.05, 0.1) is 27.8 Å². The molecule has 9 aromatic carbocycles. The Balaban J connectivity index is 1.11. The number of hydrogen-bond acceptors (Lipinski definition) is 5. The molecule has 13 aromatic rings. The Morgan fingerprint density at radius 3 is 1.44 bits per heavy atom. The van der Waals surface area contributed by atoms with Gasteiger partial charge in [0.25, 0.3) is 0 Å². The third-order valence-corrected chi connectivity index (χ3v) is 12.2. The van der Waals surface area contributed by atoms with E-state index in [1.54, 1.807) is 0 Å². The van der Waals surface area contributed by atoms with Crippen LogP contribution in [0.2, 0.25) is 0 Å². The Labute approximate surface area is 360 Å². The second kappa shape index (κ2) is 13.9. The Bertz CT molecular complexity index is 3850. The molecule has 63 heavy (non-hydrogen) atoms. The van der Waals surface area contributed by atoms with Crippen molar-refractivity contribution in [1.29, 1.82) is 0 Å². The van der Waals surface area contributed by atoms with Crippen molar-refractivity contribution >= 4 is 65.5 Å². The van der Waals surface area contributed by atoms with E-state index in [9.17, 15) is 0 Å². The van der Waals surface area contributed by atoms with Crippen LogP contribution in [-0.4, -0.2) is 29.1 Å². The Morgan fingerprint density at radius 2 is 0.825 bits per heavy atom. The number of rotatable bonds is 6. The number of fused-ring (bicyclic) bond motifs is 9. The van der Waals surface area contributed by atoms with Crippen molar-refractivity contribution in [2.75, 3.05) is 0 Å². The van der Waals surface area contributed by atoms with Crippen LogP contribution in [0.25, 0.3) is 122 Å². The molecule has 0 aliphatic carbocycles. The molecule has 0 spiro atoms. The fourth-order valence-corrected chi connectivity index (χ4v) is 9.44. The Morgan fingerprint density at radius 1 is 0.333 bits per heavy atom. The van der Waals surface area contributed by atoms with E-state index in [-0.39, 0.29) is 0 Å². The van der Waals surface area contributed by atoms with Crippen LogP contribution in [0.1, 0.15) is 0 Å². The van der Waals surface area contributed by atoms with Crippen LogP contribution in [0.4, 0.5) is 0 Å². The predicted molar refractivity (Wildman–Crippen MR) is 255 cm³/mol. The largest absolute Gasteiger partial charge is 0.434 e. The summed E-state index contributed by atoms with van der Waals surface area (Å²) in [5, 5.41) is 6.63.